The summed E-state index contributed by atoms with van der Waals surface area (Å²) in [5.74, 6) is 0.782. The number of ether oxygens (including phenoxy) is 1. The van der Waals surface area contributed by atoms with Crippen molar-refractivity contribution in [1.29, 1.82) is 0 Å². The number of rotatable bonds is 2. The molecule has 1 saturated carbocycles. The van der Waals surface area contributed by atoms with Gasteiger partial charge in [0.25, 0.3) is 0 Å². The van der Waals surface area contributed by atoms with Crippen LogP contribution in [0.2, 0.25) is 0 Å². The van der Waals surface area contributed by atoms with Crippen LogP contribution in [0, 0.1) is 5.92 Å². The fourth-order valence-corrected chi connectivity index (χ4v) is 2.70. The van der Waals surface area contributed by atoms with E-state index in [0.29, 0.717) is 6.42 Å². The zero-order valence-corrected chi connectivity index (χ0v) is 8.63. The van der Waals surface area contributed by atoms with Gasteiger partial charge in [-0.25, -0.2) is 0 Å². The summed E-state index contributed by atoms with van der Waals surface area (Å²) in [5.41, 5.74) is -0.0608. The van der Waals surface area contributed by atoms with Gasteiger partial charge in [0.2, 0.25) is 0 Å². The quantitative estimate of drug-likeness (QED) is 0.499. The predicted molar refractivity (Wildman–Crippen MR) is 54.8 cm³/mol. The number of carbonyl (C=O) groups excluding carboxylic acids is 1. The zero-order valence-electron chi connectivity index (χ0n) is 8.63. The van der Waals surface area contributed by atoms with Crippen LogP contribution in [0.25, 0.3) is 0 Å². The highest BCUT2D eigenvalue weighted by Gasteiger charge is 2.42. The maximum absolute atomic E-state index is 11.1. The molecule has 0 bridgehead atoms. The summed E-state index contributed by atoms with van der Waals surface area (Å²) in [6.45, 7) is 3.77. The van der Waals surface area contributed by atoms with E-state index < -0.39 is 0 Å². The van der Waals surface area contributed by atoms with Gasteiger partial charge in [0.15, 0.2) is 0 Å². The minimum absolute atomic E-state index is 0.00664. The lowest BCUT2D eigenvalue weighted by atomic mass is 9.76. The third-order valence-electron chi connectivity index (χ3n) is 3.63. The van der Waals surface area contributed by atoms with Gasteiger partial charge in [-0.3, -0.25) is 4.79 Å². The molecular weight excluding hydrogens is 176 g/mol. The highest BCUT2D eigenvalue weighted by Crippen LogP contribution is 2.42. The molecule has 1 aliphatic carbocycles. The number of hydrogen-bond donors (Lipinski definition) is 0. The van der Waals surface area contributed by atoms with Gasteiger partial charge in [0.05, 0.1) is 0 Å². The summed E-state index contributed by atoms with van der Waals surface area (Å²) in [4.78, 5) is 11.1. The van der Waals surface area contributed by atoms with Gasteiger partial charge < -0.3 is 4.74 Å². The molecule has 0 unspecified atom stereocenters. The molecule has 0 atom stereocenters. The summed E-state index contributed by atoms with van der Waals surface area (Å²) in [6, 6.07) is 0. The van der Waals surface area contributed by atoms with Crippen LogP contribution in [0.3, 0.4) is 0 Å². The van der Waals surface area contributed by atoms with E-state index >= 15 is 0 Å². The van der Waals surface area contributed by atoms with Crippen molar-refractivity contribution in [2.24, 2.45) is 5.92 Å². The molecule has 1 saturated heterocycles. The minimum atomic E-state index is -0.0608. The SMILES string of the molecule is C=CCC1CCC2(CCC(=O)O2)CC1. The van der Waals surface area contributed by atoms with Gasteiger partial charge in [0.1, 0.15) is 5.60 Å². The summed E-state index contributed by atoms with van der Waals surface area (Å²) in [7, 11) is 0. The fraction of sp³-hybridized carbons (Fsp3) is 0.750. The van der Waals surface area contributed by atoms with E-state index in [1.165, 1.54) is 12.8 Å². The number of hydrogen-bond acceptors (Lipinski definition) is 2. The van der Waals surface area contributed by atoms with Crippen LogP contribution in [0.15, 0.2) is 12.7 Å². The molecular formula is C12H18O2. The number of carbonyl (C=O) groups is 1. The van der Waals surface area contributed by atoms with E-state index in [-0.39, 0.29) is 11.6 Å². The van der Waals surface area contributed by atoms with Gasteiger partial charge in [-0.05, 0) is 44.4 Å². The van der Waals surface area contributed by atoms with Gasteiger partial charge in [-0.15, -0.1) is 6.58 Å². The third kappa shape index (κ3) is 1.84. The molecule has 2 fully saturated rings. The molecule has 0 N–H and O–H groups in total. The Morgan fingerprint density at radius 1 is 1.43 bits per heavy atom. The van der Waals surface area contributed by atoms with Crippen molar-refractivity contribution in [3.63, 3.8) is 0 Å². The molecule has 1 aliphatic heterocycles. The lowest BCUT2D eigenvalue weighted by Crippen LogP contribution is -2.33. The van der Waals surface area contributed by atoms with Crippen molar-refractivity contribution >= 4 is 5.97 Å². The second-order valence-corrected chi connectivity index (χ2v) is 4.62. The molecule has 0 radical (unpaired) electrons. The van der Waals surface area contributed by atoms with Gasteiger partial charge in [-0.1, -0.05) is 6.08 Å². The third-order valence-corrected chi connectivity index (χ3v) is 3.63. The van der Waals surface area contributed by atoms with Gasteiger partial charge >= 0.3 is 5.97 Å². The first-order valence-electron chi connectivity index (χ1n) is 5.57. The standard InChI is InChI=1S/C12H18O2/c1-2-3-10-4-7-12(8-5-10)9-6-11(13)14-12/h2,10H,1,3-9H2. The van der Waals surface area contributed by atoms with Crippen LogP contribution in [0.5, 0.6) is 0 Å². The van der Waals surface area contributed by atoms with Gasteiger partial charge in [0, 0.05) is 6.42 Å². The van der Waals surface area contributed by atoms with E-state index in [0.717, 1.165) is 31.6 Å². The second-order valence-electron chi connectivity index (χ2n) is 4.62. The number of allylic oxidation sites excluding steroid dienone is 1. The van der Waals surface area contributed by atoms with Crippen molar-refractivity contribution < 1.29 is 9.53 Å². The predicted octanol–water partition coefficient (Wildman–Crippen LogP) is 2.83. The molecule has 0 aromatic rings. The average molecular weight is 194 g/mol. The van der Waals surface area contributed by atoms with E-state index in [4.69, 9.17) is 4.74 Å². The van der Waals surface area contributed by atoms with Crippen molar-refractivity contribution in [3.05, 3.63) is 12.7 Å². The molecule has 0 amide bonds. The van der Waals surface area contributed by atoms with E-state index in [1.54, 1.807) is 0 Å². The zero-order chi connectivity index (χ0) is 10.0. The summed E-state index contributed by atoms with van der Waals surface area (Å²) in [6.07, 6.45) is 9.22. The van der Waals surface area contributed by atoms with Crippen LogP contribution in [-0.2, 0) is 9.53 Å². The van der Waals surface area contributed by atoms with Crippen LogP contribution >= 0.6 is 0 Å². The molecule has 0 aromatic carbocycles. The van der Waals surface area contributed by atoms with Crippen LogP contribution in [-0.4, -0.2) is 11.6 Å². The Hall–Kier alpha value is -0.790. The molecule has 2 nitrogen and oxygen atoms in total. The van der Waals surface area contributed by atoms with Crippen molar-refractivity contribution in [1.82, 2.24) is 0 Å². The Morgan fingerprint density at radius 2 is 2.14 bits per heavy atom. The Morgan fingerprint density at radius 3 is 2.64 bits per heavy atom. The molecule has 0 aromatic heterocycles. The van der Waals surface area contributed by atoms with Crippen molar-refractivity contribution in [2.45, 2.75) is 50.5 Å². The normalized spacial score (nSPS) is 37.1. The maximum atomic E-state index is 11.1. The molecule has 1 spiro atoms. The molecule has 2 aliphatic rings. The molecule has 1 heterocycles. The first kappa shape index (κ1) is 9.75. The van der Waals surface area contributed by atoms with E-state index in [2.05, 4.69) is 6.58 Å². The largest absolute Gasteiger partial charge is 0.459 e. The van der Waals surface area contributed by atoms with E-state index in [1.807, 2.05) is 6.08 Å². The average Bonchev–Trinajstić information content (AvgIpc) is 2.53. The molecule has 2 heteroatoms. The highest BCUT2D eigenvalue weighted by atomic mass is 16.6. The highest BCUT2D eigenvalue weighted by molar-refractivity contribution is 5.72. The van der Waals surface area contributed by atoms with Gasteiger partial charge in [-0.2, -0.15) is 0 Å². The van der Waals surface area contributed by atoms with E-state index in [9.17, 15) is 4.79 Å². The molecule has 78 valence electrons. The second kappa shape index (κ2) is 3.76. The fourth-order valence-electron chi connectivity index (χ4n) is 2.70. The first-order valence-corrected chi connectivity index (χ1v) is 5.57. The van der Waals surface area contributed by atoms with Crippen LogP contribution in [0.4, 0.5) is 0 Å². The van der Waals surface area contributed by atoms with Crippen LogP contribution in [0.1, 0.15) is 44.9 Å². The Balaban J connectivity index is 1.89. The summed E-state index contributed by atoms with van der Waals surface area (Å²) >= 11 is 0. The Labute approximate surface area is 85.3 Å². The van der Waals surface area contributed by atoms with Crippen molar-refractivity contribution in [2.75, 3.05) is 0 Å². The summed E-state index contributed by atoms with van der Waals surface area (Å²) in [5, 5.41) is 0. The topological polar surface area (TPSA) is 26.3 Å². The van der Waals surface area contributed by atoms with Crippen molar-refractivity contribution in [3.8, 4) is 0 Å². The van der Waals surface area contributed by atoms with Crippen LogP contribution < -0.4 is 0 Å². The monoisotopic (exact) mass is 194 g/mol. The lowest BCUT2D eigenvalue weighted by Gasteiger charge is -2.35. The minimum Gasteiger partial charge on any atom is -0.459 e. The smallest absolute Gasteiger partial charge is 0.306 e. The molecule has 2 rings (SSSR count). The number of esters is 1. The first-order chi connectivity index (χ1) is 6.74. The molecule has 14 heavy (non-hydrogen) atoms. The lowest BCUT2D eigenvalue weighted by molar-refractivity contribution is -0.151. The summed E-state index contributed by atoms with van der Waals surface area (Å²) < 4.78 is 5.45. The maximum Gasteiger partial charge on any atom is 0.306 e. The Bertz CT molecular complexity index is 237. The Kier molecular flexibility index (Phi) is 2.62.